The predicted molar refractivity (Wildman–Crippen MR) is 174 cm³/mol. The number of carbonyl (C=O) groups is 2. The van der Waals surface area contributed by atoms with Crippen LogP contribution in [0.1, 0.15) is 65.9 Å². The summed E-state index contributed by atoms with van der Waals surface area (Å²) in [6.45, 7) is 2.17. The molecule has 0 bridgehead atoms. The van der Waals surface area contributed by atoms with Gasteiger partial charge in [-0.1, -0.05) is 97.1 Å². The minimum Gasteiger partial charge on any atom is -0.392 e. The van der Waals surface area contributed by atoms with Crippen molar-refractivity contribution < 1.29 is 29.4 Å². The Morgan fingerprint density at radius 3 is 2.02 bits per heavy atom. The molecule has 46 heavy (non-hydrogen) atoms. The van der Waals surface area contributed by atoms with Crippen LogP contribution in [-0.4, -0.2) is 39.7 Å². The lowest BCUT2D eigenvalue weighted by molar-refractivity contribution is -0.253. The highest BCUT2D eigenvalue weighted by molar-refractivity contribution is 5.91. The zero-order valence-corrected chi connectivity index (χ0v) is 25.8. The second kappa shape index (κ2) is 16.8. The Morgan fingerprint density at radius 2 is 1.39 bits per heavy atom. The molecule has 0 spiro atoms. The average Bonchev–Trinajstić information content (AvgIpc) is 3.09. The Kier molecular flexibility index (Phi) is 12.0. The lowest BCUT2D eigenvalue weighted by Crippen LogP contribution is -2.39. The third kappa shape index (κ3) is 9.81. The van der Waals surface area contributed by atoms with Gasteiger partial charge in [0.15, 0.2) is 6.29 Å². The molecule has 1 aliphatic rings. The van der Waals surface area contributed by atoms with Crippen molar-refractivity contribution in [3.05, 3.63) is 137 Å². The van der Waals surface area contributed by atoms with E-state index >= 15 is 0 Å². The molecule has 0 radical (unpaired) electrons. The topological polar surface area (TPSA) is 120 Å². The van der Waals surface area contributed by atoms with Crippen molar-refractivity contribution in [3.8, 4) is 0 Å². The molecule has 4 aromatic carbocycles. The molecule has 9 nitrogen and oxygen atoms in total. The molecule has 4 N–H and O–H groups in total. The highest BCUT2D eigenvalue weighted by Gasteiger charge is 2.33. The first-order valence-electron chi connectivity index (χ1n) is 15.6. The molecule has 2 amide bonds. The van der Waals surface area contributed by atoms with Crippen molar-refractivity contribution in [1.29, 1.82) is 0 Å². The fourth-order valence-electron chi connectivity index (χ4n) is 5.64. The van der Waals surface area contributed by atoms with Gasteiger partial charge in [0.1, 0.15) is 0 Å². The van der Waals surface area contributed by atoms with Crippen LogP contribution < -0.4 is 10.8 Å². The number of rotatable bonds is 14. The van der Waals surface area contributed by atoms with Crippen LogP contribution in [0.15, 0.2) is 109 Å². The van der Waals surface area contributed by atoms with Gasteiger partial charge in [0, 0.05) is 50.1 Å². The van der Waals surface area contributed by atoms with E-state index < -0.39 is 12.2 Å². The zero-order valence-electron chi connectivity index (χ0n) is 25.8. The number of anilines is 1. The monoisotopic (exact) mass is 623 g/mol. The Bertz CT molecular complexity index is 1490. The third-order valence-electron chi connectivity index (χ3n) is 7.95. The largest absolute Gasteiger partial charge is 0.392 e. The van der Waals surface area contributed by atoms with Crippen LogP contribution in [0.3, 0.4) is 0 Å². The van der Waals surface area contributed by atoms with Crippen molar-refractivity contribution in [1.82, 2.24) is 10.4 Å². The van der Waals surface area contributed by atoms with Gasteiger partial charge in [0.25, 0.3) is 0 Å². The summed E-state index contributed by atoms with van der Waals surface area (Å²) in [5.74, 6) is -0.756. The van der Waals surface area contributed by atoms with E-state index in [1.54, 1.807) is 11.5 Å². The number of hydrogen-bond acceptors (Lipinski definition) is 7. The molecule has 9 heteroatoms. The summed E-state index contributed by atoms with van der Waals surface area (Å²) in [6.07, 6.45) is 0.0665. The molecule has 3 atom stereocenters. The van der Waals surface area contributed by atoms with Gasteiger partial charge in [-0.25, -0.2) is 5.48 Å². The number of nitrogens with one attached hydrogen (secondary N) is 2. The van der Waals surface area contributed by atoms with Gasteiger partial charge in [-0.2, -0.15) is 0 Å². The van der Waals surface area contributed by atoms with E-state index in [-0.39, 0.29) is 37.6 Å². The number of hydrogen-bond donors (Lipinski definition) is 4. The standard InChI is InChI=1S/C37H41N3O6/c41-26-29-17-19-30(20-18-29)34-22-33(25-40(23-27-9-3-1-4-10-27)24-28-11-5-2-6-12-28)45-37(46-34)31-13-7-14-32(21-31)38-35(42)15-8-16-36(43)39-44/h1-7,9-14,17-21,33-34,37,41,44H,8,15-16,22-26H2,(H,38,42)(H,39,43)/t33-,34+,37+/m0/s1. The summed E-state index contributed by atoms with van der Waals surface area (Å²) >= 11 is 0. The van der Waals surface area contributed by atoms with E-state index in [2.05, 4.69) is 58.7 Å². The molecule has 0 saturated carbocycles. The smallest absolute Gasteiger partial charge is 0.243 e. The molecule has 1 heterocycles. The molecule has 1 saturated heterocycles. The van der Waals surface area contributed by atoms with Gasteiger partial charge in [-0.05, 0) is 40.8 Å². The van der Waals surface area contributed by atoms with Crippen LogP contribution in [0, 0.1) is 0 Å². The summed E-state index contributed by atoms with van der Waals surface area (Å²) in [5.41, 5.74) is 7.23. The number of aliphatic hydroxyl groups is 1. The molecule has 1 fully saturated rings. The van der Waals surface area contributed by atoms with E-state index in [9.17, 15) is 14.7 Å². The minimum atomic E-state index is -0.679. The van der Waals surface area contributed by atoms with Crippen molar-refractivity contribution in [3.63, 3.8) is 0 Å². The Balaban J connectivity index is 1.35. The zero-order chi connectivity index (χ0) is 32.1. The van der Waals surface area contributed by atoms with E-state index in [0.29, 0.717) is 25.1 Å². The van der Waals surface area contributed by atoms with Crippen LogP contribution in [0.25, 0.3) is 0 Å². The summed E-state index contributed by atoms with van der Waals surface area (Å²) in [6, 6.07) is 36.1. The summed E-state index contributed by atoms with van der Waals surface area (Å²) < 4.78 is 13.2. The lowest BCUT2D eigenvalue weighted by atomic mass is 9.99. The predicted octanol–water partition coefficient (Wildman–Crippen LogP) is 6.04. The first kappa shape index (κ1) is 33.0. The van der Waals surface area contributed by atoms with Gasteiger partial charge in [-0.15, -0.1) is 0 Å². The number of amides is 2. The van der Waals surface area contributed by atoms with Crippen molar-refractivity contribution in [2.75, 3.05) is 11.9 Å². The molecule has 1 aliphatic heterocycles. The molecular formula is C37H41N3O6. The van der Waals surface area contributed by atoms with Crippen LogP contribution in [0.5, 0.6) is 0 Å². The molecule has 0 aliphatic carbocycles. The fourth-order valence-corrected chi connectivity index (χ4v) is 5.64. The van der Waals surface area contributed by atoms with E-state index in [1.807, 2.05) is 54.6 Å². The molecule has 5 rings (SSSR count). The van der Waals surface area contributed by atoms with Gasteiger partial charge in [0.05, 0.1) is 18.8 Å². The highest BCUT2D eigenvalue weighted by atomic mass is 16.7. The lowest BCUT2D eigenvalue weighted by Gasteiger charge is -2.38. The number of nitrogens with zero attached hydrogens (tertiary/aromatic N) is 1. The third-order valence-corrected chi connectivity index (χ3v) is 7.95. The summed E-state index contributed by atoms with van der Waals surface area (Å²) in [5, 5.41) is 21.1. The maximum Gasteiger partial charge on any atom is 0.243 e. The van der Waals surface area contributed by atoms with Crippen LogP contribution in [0.2, 0.25) is 0 Å². The Hall–Kier alpha value is -4.38. The van der Waals surface area contributed by atoms with E-state index in [1.165, 1.54) is 11.1 Å². The van der Waals surface area contributed by atoms with Gasteiger partial charge in [0.2, 0.25) is 11.8 Å². The molecule has 4 aromatic rings. The van der Waals surface area contributed by atoms with Gasteiger partial charge >= 0.3 is 0 Å². The molecule has 240 valence electrons. The van der Waals surface area contributed by atoms with Crippen LogP contribution in [-0.2, 0) is 38.8 Å². The molecular weight excluding hydrogens is 582 g/mol. The first-order chi connectivity index (χ1) is 22.5. The number of ether oxygens (including phenoxy) is 2. The quantitative estimate of drug-likeness (QED) is 0.0999. The minimum absolute atomic E-state index is 0.0265. The van der Waals surface area contributed by atoms with E-state index in [0.717, 1.165) is 29.8 Å². The van der Waals surface area contributed by atoms with Gasteiger partial charge < -0.3 is 19.9 Å². The number of benzene rings is 4. The Morgan fingerprint density at radius 1 is 0.739 bits per heavy atom. The van der Waals surface area contributed by atoms with Crippen molar-refractivity contribution in [2.24, 2.45) is 0 Å². The average molecular weight is 624 g/mol. The van der Waals surface area contributed by atoms with Crippen molar-refractivity contribution >= 4 is 17.5 Å². The van der Waals surface area contributed by atoms with Crippen molar-refractivity contribution in [2.45, 2.75) is 63.9 Å². The summed E-state index contributed by atoms with van der Waals surface area (Å²) in [4.78, 5) is 26.2. The number of carbonyl (C=O) groups excluding carboxylic acids is 2. The van der Waals surface area contributed by atoms with E-state index in [4.69, 9.17) is 14.7 Å². The maximum absolute atomic E-state index is 12.5. The number of hydroxylamine groups is 1. The van der Waals surface area contributed by atoms with Crippen LogP contribution >= 0.6 is 0 Å². The first-order valence-corrected chi connectivity index (χ1v) is 15.6. The summed E-state index contributed by atoms with van der Waals surface area (Å²) in [7, 11) is 0. The molecule has 0 aromatic heterocycles. The fraction of sp³-hybridized carbons (Fsp3) is 0.297. The second-order valence-corrected chi connectivity index (χ2v) is 11.6. The van der Waals surface area contributed by atoms with Gasteiger partial charge in [-0.3, -0.25) is 19.7 Å². The number of aliphatic hydroxyl groups excluding tert-OH is 1. The second-order valence-electron chi connectivity index (χ2n) is 11.6. The normalized spacial score (nSPS) is 17.8. The highest BCUT2D eigenvalue weighted by Crippen LogP contribution is 2.39. The van der Waals surface area contributed by atoms with Crippen LogP contribution in [0.4, 0.5) is 5.69 Å². The maximum atomic E-state index is 12.5. The SMILES string of the molecule is O=C(CCCC(=O)Nc1cccc([C@@H]2O[C@H](CN(Cc3ccccc3)Cc3ccccc3)C[C@H](c3ccc(CO)cc3)O2)c1)NO. The Labute approximate surface area is 269 Å². The molecule has 0 unspecified atom stereocenters.